The van der Waals surface area contributed by atoms with E-state index in [0.717, 1.165) is 16.9 Å². The first-order valence-electron chi connectivity index (χ1n) is 10.5. The number of aryl methyl sites for hydroxylation is 1. The average molecular weight is 447 g/mol. The average Bonchev–Trinajstić information content (AvgIpc) is 2.79. The van der Waals surface area contributed by atoms with Crippen molar-refractivity contribution >= 4 is 15.9 Å². The summed E-state index contributed by atoms with van der Waals surface area (Å²) in [5, 5.41) is 2.93. The van der Waals surface area contributed by atoms with Gasteiger partial charge in [0.15, 0.2) is 0 Å². The van der Waals surface area contributed by atoms with Crippen LogP contribution in [-0.4, -0.2) is 45.4 Å². The minimum Gasteiger partial charge on any atom is -0.497 e. The van der Waals surface area contributed by atoms with Crippen molar-refractivity contribution < 1.29 is 22.7 Å². The third-order valence-electron chi connectivity index (χ3n) is 5.46. The number of carbonyl (C=O) groups excluding carboxylic acids is 1. The van der Waals surface area contributed by atoms with Crippen LogP contribution in [0.5, 0.6) is 11.5 Å². The SMILES string of the molecule is CCOc1ccc(S(=O)(=O)N2CCC[C@H](C(=O)NCc3ccc(OC)cc3)C2)cc1C. The summed E-state index contributed by atoms with van der Waals surface area (Å²) < 4.78 is 38.4. The molecular weight excluding hydrogens is 416 g/mol. The predicted molar refractivity (Wildman–Crippen MR) is 119 cm³/mol. The van der Waals surface area contributed by atoms with Gasteiger partial charge < -0.3 is 14.8 Å². The Bertz CT molecular complexity index is 1010. The Hall–Kier alpha value is -2.58. The molecule has 2 aromatic carbocycles. The largest absolute Gasteiger partial charge is 0.497 e. The number of sulfonamides is 1. The second-order valence-corrected chi connectivity index (χ2v) is 9.57. The first kappa shape index (κ1) is 23.1. The maximum atomic E-state index is 13.2. The van der Waals surface area contributed by atoms with Gasteiger partial charge in [0.1, 0.15) is 11.5 Å². The van der Waals surface area contributed by atoms with Crippen LogP contribution in [0.2, 0.25) is 0 Å². The molecule has 1 aliphatic heterocycles. The molecule has 0 aliphatic carbocycles. The zero-order valence-electron chi connectivity index (χ0n) is 18.3. The lowest BCUT2D eigenvalue weighted by Crippen LogP contribution is -2.45. The molecule has 3 rings (SSSR count). The van der Waals surface area contributed by atoms with Crippen LogP contribution in [0.1, 0.15) is 30.9 Å². The number of hydrogen-bond donors (Lipinski definition) is 1. The fraction of sp³-hybridized carbons (Fsp3) is 0.435. The van der Waals surface area contributed by atoms with E-state index in [2.05, 4.69) is 5.32 Å². The van der Waals surface area contributed by atoms with Gasteiger partial charge in [0.25, 0.3) is 0 Å². The first-order valence-corrected chi connectivity index (χ1v) is 11.9. The van der Waals surface area contributed by atoms with Crippen molar-refractivity contribution in [2.75, 3.05) is 26.8 Å². The number of rotatable bonds is 8. The smallest absolute Gasteiger partial charge is 0.243 e. The van der Waals surface area contributed by atoms with Gasteiger partial charge in [-0.1, -0.05) is 12.1 Å². The van der Waals surface area contributed by atoms with Gasteiger partial charge in [0, 0.05) is 19.6 Å². The molecule has 1 saturated heterocycles. The summed E-state index contributed by atoms with van der Waals surface area (Å²) in [4.78, 5) is 12.9. The highest BCUT2D eigenvalue weighted by atomic mass is 32.2. The molecule has 1 fully saturated rings. The molecule has 1 aliphatic rings. The van der Waals surface area contributed by atoms with Gasteiger partial charge in [0.05, 0.1) is 24.5 Å². The summed E-state index contributed by atoms with van der Waals surface area (Å²) in [6, 6.07) is 12.4. The number of ether oxygens (including phenoxy) is 2. The van der Waals surface area contributed by atoms with Gasteiger partial charge in [-0.15, -0.1) is 0 Å². The lowest BCUT2D eigenvalue weighted by molar-refractivity contribution is -0.126. The number of piperidine rings is 1. The lowest BCUT2D eigenvalue weighted by Gasteiger charge is -2.31. The predicted octanol–water partition coefficient (Wildman–Crippen LogP) is 3.12. The molecule has 0 saturated carbocycles. The van der Waals surface area contributed by atoms with E-state index >= 15 is 0 Å². The summed E-state index contributed by atoms with van der Waals surface area (Å²) in [6.07, 6.45) is 1.32. The van der Waals surface area contributed by atoms with Crippen LogP contribution >= 0.6 is 0 Å². The summed E-state index contributed by atoms with van der Waals surface area (Å²) >= 11 is 0. The van der Waals surface area contributed by atoms with E-state index in [1.54, 1.807) is 25.3 Å². The summed E-state index contributed by atoms with van der Waals surface area (Å²) in [6.45, 7) is 5.23. The van der Waals surface area contributed by atoms with Crippen molar-refractivity contribution in [1.29, 1.82) is 0 Å². The van der Waals surface area contributed by atoms with Crippen LogP contribution in [0.4, 0.5) is 0 Å². The molecule has 168 valence electrons. The Morgan fingerprint density at radius 2 is 1.94 bits per heavy atom. The standard InChI is InChI=1S/C23H30N2O5S/c1-4-30-22-12-11-21(14-17(22)2)31(27,28)25-13-5-6-19(16-25)23(26)24-15-18-7-9-20(29-3)10-8-18/h7-12,14,19H,4-6,13,15-16H2,1-3H3,(H,24,26)/t19-/m0/s1. The third-order valence-corrected chi connectivity index (χ3v) is 7.33. The number of benzene rings is 2. The van der Waals surface area contributed by atoms with Crippen LogP contribution in [0, 0.1) is 12.8 Å². The van der Waals surface area contributed by atoms with Gasteiger partial charge in [0.2, 0.25) is 15.9 Å². The van der Waals surface area contributed by atoms with Crippen molar-refractivity contribution in [3.8, 4) is 11.5 Å². The van der Waals surface area contributed by atoms with Crippen LogP contribution in [-0.2, 0) is 21.4 Å². The zero-order valence-corrected chi connectivity index (χ0v) is 19.1. The van der Waals surface area contributed by atoms with Gasteiger partial charge in [-0.3, -0.25) is 4.79 Å². The van der Waals surface area contributed by atoms with Crippen molar-refractivity contribution in [2.24, 2.45) is 5.92 Å². The quantitative estimate of drug-likeness (QED) is 0.674. The number of methoxy groups -OCH3 is 1. The fourth-order valence-corrected chi connectivity index (χ4v) is 5.31. The minimum absolute atomic E-state index is 0.126. The van der Waals surface area contributed by atoms with Gasteiger partial charge >= 0.3 is 0 Å². The molecule has 1 N–H and O–H groups in total. The maximum Gasteiger partial charge on any atom is 0.243 e. The minimum atomic E-state index is -3.67. The lowest BCUT2D eigenvalue weighted by atomic mass is 9.99. The molecule has 0 unspecified atom stereocenters. The Morgan fingerprint density at radius 1 is 1.19 bits per heavy atom. The first-order chi connectivity index (χ1) is 14.8. The van der Waals surface area contributed by atoms with Crippen LogP contribution in [0.15, 0.2) is 47.4 Å². The highest BCUT2D eigenvalue weighted by molar-refractivity contribution is 7.89. The summed E-state index contributed by atoms with van der Waals surface area (Å²) in [5.74, 6) is 0.938. The van der Waals surface area contributed by atoms with Crippen LogP contribution in [0.25, 0.3) is 0 Å². The van der Waals surface area contributed by atoms with E-state index in [1.807, 2.05) is 38.1 Å². The van der Waals surface area contributed by atoms with Crippen LogP contribution in [0.3, 0.4) is 0 Å². The van der Waals surface area contributed by atoms with E-state index in [1.165, 1.54) is 4.31 Å². The van der Waals surface area contributed by atoms with Crippen LogP contribution < -0.4 is 14.8 Å². The molecule has 2 aromatic rings. The molecule has 0 spiro atoms. The normalized spacial score (nSPS) is 17.2. The Morgan fingerprint density at radius 3 is 2.58 bits per heavy atom. The summed E-state index contributed by atoms with van der Waals surface area (Å²) in [7, 11) is -2.07. The number of carbonyl (C=O) groups is 1. The fourth-order valence-electron chi connectivity index (χ4n) is 3.70. The number of amides is 1. The van der Waals surface area contributed by atoms with E-state index in [9.17, 15) is 13.2 Å². The Kier molecular flexibility index (Phi) is 7.56. The van der Waals surface area contributed by atoms with E-state index in [0.29, 0.717) is 38.3 Å². The summed E-state index contributed by atoms with van der Waals surface area (Å²) in [5.41, 5.74) is 1.73. The van der Waals surface area contributed by atoms with E-state index < -0.39 is 10.0 Å². The molecule has 1 amide bonds. The van der Waals surface area contributed by atoms with Crippen molar-refractivity contribution in [3.63, 3.8) is 0 Å². The molecule has 1 atom stereocenters. The Balaban J connectivity index is 1.64. The second kappa shape index (κ2) is 10.2. The highest BCUT2D eigenvalue weighted by Crippen LogP contribution is 2.27. The van der Waals surface area contributed by atoms with Crippen molar-refractivity contribution in [2.45, 2.75) is 38.1 Å². The van der Waals surface area contributed by atoms with Gasteiger partial charge in [-0.2, -0.15) is 4.31 Å². The van der Waals surface area contributed by atoms with E-state index in [4.69, 9.17) is 9.47 Å². The molecule has 0 radical (unpaired) electrons. The Labute approximate surface area is 184 Å². The molecule has 7 nitrogen and oxygen atoms in total. The zero-order chi connectivity index (χ0) is 22.4. The van der Waals surface area contributed by atoms with Crippen molar-refractivity contribution in [1.82, 2.24) is 9.62 Å². The highest BCUT2D eigenvalue weighted by Gasteiger charge is 2.33. The molecule has 31 heavy (non-hydrogen) atoms. The molecule has 8 heteroatoms. The number of hydrogen-bond acceptors (Lipinski definition) is 5. The third kappa shape index (κ3) is 5.57. The number of nitrogens with zero attached hydrogens (tertiary/aromatic N) is 1. The van der Waals surface area contributed by atoms with E-state index in [-0.39, 0.29) is 23.3 Å². The van der Waals surface area contributed by atoms with Gasteiger partial charge in [-0.05, 0) is 68.1 Å². The molecule has 0 aromatic heterocycles. The van der Waals surface area contributed by atoms with Gasteiger partial charge in [-0.25, -0.2) is 8.42 Å². The topological polar surface area (TPSA) is 84.9 Å². The van der Waals surface area contributed by atoms with Crippen molar-refractivity contribution in [3.05, 3.63) is 53.6 Å². The molecule has 1 heterocycles. The number of nitrogens with one attached hydrogen (secondary N) is 1. The molecule has 0 bridgehead atoms. The monoisotopic (exact) mass is 446 g/mol. The maximum absolute atomic E-state index is 13.2. The molecular formula is C23H30N2O5S. The second-order valence-electron chi connectivity index (χ2n) is 7.63.